The minimum Gasteiger partial charge on any atom is -0.493 e. The van der Waals surface area contributed by atoms with Gasteiger partial charge in [-0.05, 0) is 41.0 Å². The quantitative estimate of drug-likeness (QED) is 0.874. The van der Waals surface area contributed by atoms with Gasteiger partial charge in [-0.2, -0.15) is 8.42 Å². The van der Waals surface area contributed by atoms with Crippen molar-refractivity contribution in [1.82, 2.24) is 0 Å². The Labute approximate surface area is 112 Å². The molecule has 4 nitrogen and oxygen atoms in total. The molecule has 2 aromatic rings. The summed E-state index contributed by atoms with van der Waals surface area (Å²) in [6, 6.07) is 9.89. The maximum absolute atomic E-state index is 11.1. The van der Waals surface area contributed by atoms with Crippen molar-refractivity contribution in [2.24, 2.45) is 5.92 Å². The van der Waals surface area contributed by atoms with E-state index in [0.29, 0.717) is 12.5 Å². The van der Waals surface area contributed by atoms with Crippen LogP contribution in [0.4, 0.5) is 0 Å². The summed E-state index contributed by atoms with van der Waals surface area (Å²) in [6.45, 7) is 4.77. The fraction of sp³-hybridized carbons (Fsp3) is 0.286. The van der Waals surface area contributed by atoms with Crippen LogP contribution in [0.3, 0.4) is 0 Å². The minimum atomic E-state index is -4.16. The van der Waals surface area contributed by atoms with Crippen LogP contribution in [0.25, 0.3) is 10.8 Å². The Balaban J connectivity index is 2.35. The molecule has 0 aliphatic heterocycles. The van der Waals surface area contributed by atoms with E-state index < -0.39 is 10.1 Å². The Kier molecular flexibility index (Phi) is 3.78. The third kappa shape index (κ3) is 3.45. The van der Waals surface area contributed by atoms with Crippen LogP contribution in [-0.2, 0) is 10.1 Å². The van der Waals surface area contributed by atoms with Crippen molar-refractivity contribution in [3.63, 3.8) is 0 Å². The van der Waals surface area contributed by atoms with Gasteiger partial charge < -0.3 is 4.74 Å². The smallest absolute Gasteiger partial charge is 0.294 e. The molecular weight excluding hydrogens is 264 g/mol. The van der Waals surface area contributed by atoms with Crippen LogP contribution in [0.5, 0.6) is 5.75 Å². The molecule has 0 atom stereocenters. The zero-order valence-electron chi connectivity index (χ0n) is 10.8. The van der Waals surface area contributed by atoms with Crippen LogP contribution in [-0.4, -0.2) is 19.6 Å². The lowest BCUT2D eigenvalue weighted by atomic mass is 10.1. The summed E-state index contributed by atoms with van der Waals surface area (Å²) in [5.41, 5.74) is 0. The largest absolute Gasteiger partial charge is 0.493 e. The van der Waals surface area contributed by atoms with Crippen molar-refractivity contribution >= 4 is 20.9 Å². The maximum Gasteiger partial charge on any atom is 0.294 e. The maximum atomic E-state index is 11.1. The molecule has 0 aromatic heterocycles. The van der Waals surface area contributed by atoms with Gasteiger partial charge in [0.25, 0.3) is 10.1 Å². The molecule has 0 heterocycles. The summed E-state index contributed by atoms with van der Waals surface area (Å²) in [4.78, 5) is -0.101. The Morgan fingerprint density at radius 2 is 1.74 bits per heavy atom. The Morgan fingerprint density at radius 3 is 2.37 bits per heavy atom. The fourth-order valence-corrected chi connectivity index (χ4v) is 2.23. The molecule has 0 saturated carbocycles. The average molecular weight is 280 g/mol. The molecule has 19 heavy (non-hydrogen) atoms. The van der Waals surface area contributed by atoms with Crippen molar-refractivity contribution in [1.29, 1.82) is 0 Å². The van der Waals surface area contributed by atoms with Crippen LogP contribution in [0.15, 0.2) is 41.3 Å². The molecule has 0 amide bonds. The van der Waals surface area contributed by atoms with Crippen molar-refractivity contribution in [2.75, 3.05) is 6.61 Å². The summed E-state index contributed by atoms with van der Waals surface area (Å²) in [6.07, 6.45) is 0. The molecule has 0 aliphatic carbocycles. The van der Waals surface area contributed by atoms with Gasteiger partial charge in [-0.1, -0.05) is 26.0 Å². The predicted molar refractivity (Wildman–Crippen MR) is 74.1 cm³/mol. The van der Waals surface area contributed by atoms with Crippen molar-refractivity contribution in [3.8, 4) is 5.75 Å². The van der Waals surface area contributed by atoms with Crippen molar-refractivity contribution in [2.45, 2.75) is 18.7 Å². The second-order valence-corrected chi connectivity index (χ2v) is 6.27. The molecule has 0 aliphatic rings. The molecule has 0 saturated heterocycles. The highest BCUT2D eigenvalue weighted by atomic mass is 32.2. The predicted octanol–water partition coefficient (Wildman–Crippen LogP) is 3.12. The van der Waals surface area contributed by atoms with Gasteiger partial charge >= 0.3 is 0 Å². The number of hydrogen-bond acceptors (Lipinski definition) is 3. The second kappa shape index (κ2) is 5.19. The van der Waals surface area contributed by atoms with Gasteiger partial charge in [-0.25, -0.2) is 0 Å². The van der Waals surface area contributed by atoms with Crippen LogP contribution in [0.1, 0.15) is 13.8 Å². The normalized spacial score (nSPS) is 12.0. The van der Waals surface area contributed by atoms with Crippen molar-refractivity contribution < 1.29 is 17.7 Å². The highest BCUT2D eigenvalue weighted by Crippen LogP contribution is 2.24. The highest BCUT2D eigenvalue weighted by molar-refractivity contribution is 7.85. The van der Waals surface area contributed by atoms with E-state index in [2.05, 4.69) is 13.8 Å². The zero-order valence-corrected chi connectivity index (χ0v) is 11.6. The summed E-state index contributed by atoms with van der Waals surface area (Å²) < 4.78 is 36.7. The number of fused-ring (bicyclic) bond motifs is 1. The summed E-state index contributed by atoms with van der Waals surface area (Å²) in [5.74, 6) is 1.19. The van der Waals surface area contributed by atoms with Gasteiger partial charge in [-0.3, -0.25) is 4.55 Å². The molecule has 0 spiro atoms. The van der Waals surface area contributed by atoms with Crippen LogP contribution < -0.4 is 4.74 Å². The van der Waals surface area contributed by atoms with E-state index in [1.807, 2.05) is 6.07 Å². The topological polar surface area (TPSA) is 63.6 Å². The van der Waals surface area contributed by atoms with Gasteiger partial charge in [0, 0.05) is 0 Å². The number of hydrogen-bond donors (Lipinski definition) is 1. The van der Waals surface area contributed by atoms with Gasteiger partial charge in [0.1, 0.15) is 5.75 Å². The minimum absolute atomic E-state index is 0.101. The summed E-state index contributed by atoms with van der Waals surface area (Å²) in [5, 5.41) is 1.61. The Bertz CT molecular complexity index is 690. The molecule has 2 aromatic carbocycles. The molecule has 0 fully saturated rings. The van der Waals surface area contributed by atoms with E-state index in [9.17, 15) is 8.42 Å². The fourth-order valence-electron chi connectivity index (χ4n) is 1.72. The lowest BCUT2D eigenvalue weighted by Gasteiger charge is -2.09. The monoisotopic (exact) mass is 280 g/mol. The van der Waals surface area contributed by atoms with E-state index >= 15 is 0 Å². The van der Waals surface area contributed by atoms with E-state index in [-0.39, 0.29) is 4.90 Å². The molecular formula is C14H16O4S. The first kappa shape index (κ1) is 13.8. The summed E-state index contributed by atoms with van der Waals surface area (Å²) >= 11 is 0. The van der Waals surface area contributed by atoms with Crippen molar-refractivity contribution in [3.05, 3.63) is 36.4 Å². The number of ether oxygens (including phenoxy) is 1. The van der Waals surface area contributed by atoms with Crippen LogP contribution in [0, 0.1) is 5.92 Å². The lowest BCUT2D eigenvalue weighted by Crippen LogP contribution is -2.04. The molecule has 0 radical (unpaired) electrons. The molecule has 1 N–H and O–H groups in total. The molecule has 5 heteroatoms. The average Bonchev–Trinajstić information content (AvgIpc) is 2.34. The first-order valence-corrected chi connectivity index (χ1v) is 7.44. The first-order valence-electron chi connectivity index (χ1n) is 6.00. The van der Waals surface area contributed by atoms with E-state index in [1.54, 1.807) is 18.2 Å². The number of rotatable bonds is 4. The third-order valence-electron chi connectivity index (χ3n) is 2.66. The molecule has 2 rings (SSSR count). The second-order valence-electron chi connectivity index (χ2n) is 4.85. The van der Waals surface area contributed by atoms with Gasteiger partial charge in [-0.15, -0.1) is 0 Å². The molecule has 102 valence electrons. The first-order chi connectivity index (χ1) is 8.86. The van der Waals surface area contributed by atoms with Gasteiger partial charge in [0.05, 0.1) is 11.5 Å². The van der Waals surface area contributed by atoms with Gasteiger partial charge in [0.2, 0.25) is 0 Å². The molecule has 0 unspecified atom stereocenters. The number of benzene rings is 2. The van der Waals surface area contributed by atoms with Crippen LogP contribution >= 0.6 is 0 Å². The third-order valence-corrected chi connectivity index (χ3v) is 3.51. The lowest BCUT2D eigenvalue weighted by molar-refractivity contribution is 0.271. The zero-order chi connectivity index (χ0) is 14.0. The standard InChI is InChI=1S/C14H16O4S/c1-10(2)9-18-13-5-3-12-8-14(19(15,16)17)6-4-11(12)7-13/h3-8,10H,9H2,1-2H3,(H,15,16,17). The molecule has 0 bridgehead atoms. The van der Waals surface area contributed by atoms with E-state index in [4.69, 9.17) is 9.29 Å². The highest BCUT2D eigenvalue weighted by Gasteiger charge is 2.10. The van der Waals surface area contributed by atoms with E-state index in [0.717, 1.165) is 16.5 Å². The summed E-state index contributed by atoms with van der Waals surface area (Å²) in [7, 11) is -4.16. The Morgan fingerprint density at radius 1 is 1.11 bits per heavy atom. The van der Waals surface area contributed by atoms with E-state index in [1.165, 1.54) is 12.1 Å². The Hall–Kier alpha value is -1.59. The SMILES string of the molecule is CC(C)COc1ccc2cc(S(=O)(=O)O)ccc2c1. The van der Waals surface area contributed by atoms with Crippen LogP contribution in [0.2, 0.25) is 0 Å². The van der Waals surface area contributed by atoms with Gasteiger partial charge in [0.15, 0.2) is 0 Å².